The van der Waals surface area contributed by atoms with Gasteiger partial charge in [0.1, 0.15) is 12.2 Å². The van der Waals surface area contributed by atoms with Gasteiger partial charge in [-0.2, -0.15) is 0 Å². The minimum atomic E-state index is -0.667. The Hall–Kier alpha value is -0.450. The fraction of sp³-hybridized carbons (Fsp3) is 0.750. The third kappa shape index (κ3) is 6.27. The molecule has 2 N–H and O–H groups in total. The standard InChI is InChI=1S/C16H27N5O3.3ClH/c1-19(2)10-12-14(15(23)13(11-22)24-12)20-6-8-21(9-7-20)16-17-4-3-5-18-16;;;/h3-5,12-15,22-23H,6-11H2,1-2H3;3*1H/t12-,13+,14+,15-;;;/m1.../s1. The van der Waals surface area contributed by atoms with E-state index in [0.717, 1.165) is 38.7 Å². The fourth-order valence-electron chi connectivity index (χ4n) is 3.61. The number of hydrogen-bond donors (Lipinski definition) is 2. The molecule has 2 fully saturated rings. The number of anilines is 1. The molecule has 4 atom stereocenters. The van der Waals surface area contributed by atoms with Gasteiger partial charge in [-0.1, -0.05) is 0 Å². The van der Waals surface area contributed by atoms with Crippen molar-refractivity contribution in [1.29, 1.82) is 0 Å². The van der Waals surface area contributed by atoms with E-state index in [1.807, 2.05) is 20.2 Å². The quantitative estimate of drug-likeness (QED) is 0.649. The Morgan fingerprint density at radius 3 is 2.19 bits per heavy atom. The Kier molecular flexibility index (Phi) is 12.0. The molecule has 11 heteroatoms. The molecule has 27 heavy (non-hydrogen) atoms. The van der Waals surface area contributed by atoms with Crippen molar-refractivity contribution in [2.45, 2.75) is 24.4 Å². The molecule has 2 saturated heterocycles. The summed E-state index contributed by atoms with van der Waals surface area (Å²) in [7, 11) is 3.98. The molecule has 0 aromatic carbocycles. The second kappa shape index (κ2) is 12.2. The summed E-state index contributed by atoms with van der Waals surface area (Å²) in [5.74, 6) is 0.749. The van der Waals surface area contributed by atoms with Gasteiger partial charge in [0.15, 0.2) is 0 Å². The summed E-state index contributed by atoms with van der Waals surface area (Å²) in [5, 5.41) is 20.0. The maximum Gasteiger partial charge on any atom is 0.225 e. The summed E-state index contributed by atoms with van der Waals surface area (Å²) < 4.78 is 5.89. The van der Waals surface area contributed by atoms with Gasteiger partial charge >= 0.3 is 0 Å². The van der Waals surface area contributed by atoms with E-state index < -0.39 is 12.2 Å². The number of piperazine rings is 1. The molecule has 2 aliphatic rings. The van der Waals surface area contributed by atoms with Crippen LogP contribution >= 0.6 is 37.2 Å². The third-order valence-corrected chi connectivity index (χ3v) is 4.76. The Bertz CT molecular complexity index is 523. The maximum atomic E-state index is 10.6. The van der Waals surface area contributed by atoms with E-state index in [4.69, 9.17) is 4.74 Å². The molecule has 1 aromatic heterocycles. The second-order valence-corrected chi connectivity index (χ2v) is 6.71. The van der Waals surface area contributed by atoms with Crippen molar-refractivity contribution in [2.75, 3.05) is 58.3 Å². The summed E-state index contributed by atoms with van der Waals surface area (Å²) in [6, 6.07) is 1.72. The van der Waals surface area contributed by atoms with Gasteiger partial charge in [-0.25, -0.2) is 9.97 Å². The smallest absolute Gasteiger partial charge is 0.225 e. The first-order valence-electron chi connectivity index (χ1n) is 8.45. The molecule has 158 valence electrons. The zero-order valence-corrected chi connectivity index (χ0v) is 18.0. The van der Waals surface area contributed by atoms with Crippen LogP contribution in [-0.2, 0) is 4.74 Å². The van der Waals surface area contributed by atoms with Crippen LogP contribution in [0.2, 0.25) is 0 Å². The molecule has 0 radical (unpaired) electrons. The van der Waals surface area contributed by atoms with E-state index in [0.29, 0.717) is 0 Å². The van der Waals surface area contributed by atoms with Crippen molar-refractivity contribution in [1.82, 2.24) is 19.8 Å². The lowest BCUT2D eigenvalue weighted by Crippen LogP contribution is -2.57. The van der Waals surface area contributed by atoms with Gasteiger partial charge in [0, 0.05) is 45.1 Å². The first-order chi connectivity index (χ1) is 11.6. The number of aliphatic hydroxyl groups excluding tert-OH is 2. The molecular weight excluding hydrogens is 417 g/mol. The molecule has 1 aromatic rings. The highest BCUT2D eigenvalue weighted by Crippen LogP contribution is 2.27. The molecule has 0 spiro atoms. The number of halogens is 3. The van der Waals surface area contributed by atoms with Crippen molar-refractivity contribution in [3.05, 3.63) is 18.5 Å². The molecule has 0 unspecified atom stereocenters. The van der Waals surface area contributed by atoms with Crippen LogP contribution in [0.4, 0.5) is 5.95 Å². The minimum absolute atomic E-state index is 0. The molecule has 8 nitrogen and oxygen atoms in total. The fourth-order valence-corrected chi connectivity index (χ4v) is 3.61. The lowest BCUT2D eigenvalue weighted by atomic mass is 10.0. The maximum absolute atomic E-state index is 10.6. The highest BCUT2D eigenvalue weighted by atomic mass is 35.5. The first kappa shape index (κ1) is 26.6. The molecular formula is C16H30Cl3N5O3. The SMILES string of the molecule is CN(C)C[C@H]1O[C@@H](CO)[C@@H](O)[C@H]1N1CCN(c2ncccn2)CC1.Cl.Cl.Cl. The van der Waals surface area contributed by atoms with E-state index in [1.165, 1.54) is 0 Å². The largest absolute Gasteiger partial charge is 0.394 e. The predicted octanol–water partition coefficient (Wildman–Crippen LogP) is -0.0852. The van der Waals surface area contributed by atoms with E-state index in [1.54, 1.807) is 12.4 Å². The van der Waals surface area contributed by atoms with E-state index in [9.17, 15) is 10.2 Å². The Morgan fingerprint density at radius 1 is 1.07 bits per heavy atom. The second-order valence-electron chi connectivity index (χ2n) is 6.71. The first-order valence-corrected chi connectivity index (χ1v) is 8.45. The van der Waals surface area contributed by atoms with Crippen LogP contribution in [0.25, 0.3) is 0 Å². The number of aliphatic hydroxyl groups is 2. The van der Waals surface area contributed by atoms with E-state index >= 15 is 0 Å². The normalized spacial score (nSPS) is 28.3. The summed E-state index contributed by atoms with van der Waals surface area (Å²) in [6.07, 6.45) is 2.23. The number of aromatic nitrogens is 2. The zero-order chi connectivity index (χ0) is 17.1. The number of likely N-dealkylation sites (N-methyl/N-ethyl adjacent to an activating group) is 1. The molecule has 0 aliphatic carbocycles. The monoisotopic (exact) mass is 445 g/mol. The van der Waals surface area contributed by atoms with Gasteiger partial charge in [0.05, 0.1) is 18.8 Å². The molecule has 2 aliphatic heterocycles. The van der Waals surface area contributed by atoms with Crippen molar-refractivity contribution in [3.8, 4) is 0 Å². The van der Waals surface area contributed by atoms with Crippen LogP contribution in [-0.4, -0.2) is 108 Å². The molecule has 3 heterocycles. The van der Waals surface area contributed by atoms with Crippen molar-refractivity contribution < 1.29 is 14.9 Å². The summed E-state index contributed by atoms with van der Waals surface area (Å²) in [5.41, 5.74) is 0. The van der Waals surface area contributed by atoms with Crippen molar-refractivity contribution in [2.24, 2.45) is 0 Å². The Balaban J connectivity index is 0.00000225. The lowest BCUT2D eigenvalue weighted by molar-refractivity contribution is -0.0274. The molecule has 0 amide bonds. The minimum Gasteiger partial charge on any atom is -0.394 e. The number of rotatable bonds is 5. The summed E-state index contributed by atoms with van der Waals surface area (Å²) in [4.78, 5) is 15.1. The average molecular weight is 447 g/mol. The van der Waals surface area contributed by atoms with Gasteiger partial charge in [-0.3, -0.25) is 4.90 Å². The van der Waals surface area contributed by atoms with Crippen LogP contribution in [0.3, 0.4) is 0 Å². The number of nitrogens with zero attached hydrogens (tertiary/aromatic N) is 5. The van der Waals surface area contributed by atoms with Gasteiger partial charge in [0.25, 0.3) is 0 Å². The van der Waals surface area contributed by atoms with Crippen LogP contribution in [0.1, 0.15) is 0 Å². The van der Waals surface area contributed by atoms with E-state index in [-0.39, 0.29) is 56.0 Å². The molecule has 0 bridgehead atoms. The van der Waals surface area contributed by atoms with Gasteiger partial charge in [0.2, 0.25) is 5.95 Å². The zero-order valence-electron chi connectivity index (χ0n) is 15.5. The Morgan fingerprint density at radius 2 is 1.67 bits per heavy atom. The van der Waals surface area contributed by atoms with Crippen LogP contribution in [0.5, 0.6) is 0 Å². The summed E-state index contributed by atoms with van der Waals surface area (Å²) >= 11 is 0. The average Bonchev–Trinajstić information content (AvgIpc) is 2.90. The predicted molar refractivity (Wildman–Crippen MR) is 112 cm³/mol. The van der Waals surface area contributed by atoms with Gasteiger partial charge < -0.3 is 24.7 Å². The lowest BCUT2D eigenvalue weighted by Gasteiger charge is -2.40. The van der Waals surface area contributed by atoms with Crippen LogP contribution < -0.4 is 4.90 Å². The van der Waals surface area contributed by atoms with E-state index in [2.05, 4.69) is 24.7 Å². The molecule has 0 saturated carbocycles. The van der Waals surface area contributed by atoms with Crippen molar-refractivity contribution in [3.63, 3.8) is 0 Å². The highest BCUT2D eigenvalue weighted by Gasteiger charge is 2.46. The van der Waals surface area contributed by atoms with Gasteiger partial charge in [-0.15, -0.1) is 37.2 Å². The van der Waals surface area contributed by atoms with Crippen LogP contribution in [0.15, 0.2) is 18.5 Å². The third-order valence-electron chi connectivity index (χ3n) is 4.76. The molecule has 3 rings (SSSR count). The number of hydrogen-bond acceptors (Lipinski definition) is 8. The van der Waals surface area contributed by atoms with Crippen molar-refractivity contribution >= 4 is 43.2 Å². The summed E-state index contributed by atoms with van der Waals surface area (Å²) in [6.45, 7) is 3.81. The highest BCUT2D eigenvalue weighted by molar-refractivity contribution is 5.86. The topological polar surface area (TPSA) is 85.2 Å². The Labute approximate surface area is 179 Å². The number of ether oxygens (including phenoxy) is 1. The van der Waals surface area contributed by atoms with Gasteiger partial charge in [-0.05, 0) is 20.2 Å². The van der Waals surface area contributed by atoms with Crippen LogP contribution in [0, 0.1) is 0 Å².